The molecule has 0 radical (unpaired) electrons. The molecule has 10 heteroatoms. The molecule has 1 unspecified atom stereocenters. The molecule has 0 aliphatic rings. The Hall–Kier alpha value is -3.92. The van der Waals surface area contributed by atoms with Gasteiger partial charge in [-0.15, -0.1) is 5.10 Å². The van der Waals surface area contributed by atoms with E-state index in [2.05, 4.69) is 10.3 Å². The number of hydrogen-bond acceptors (Lipinski definition) is 6. The van der Waals surface area contributed by atoms with E-state index in [0.29, 0.717) is 27.6 Å². The van der Waals surface area contributed by atoms with Crippen LogP contribution in [0.2, 0.25) is 0 Å². The van der Waals surface area contributed by atoms with Gasteiger partial charge in [0, 0.05) is 6.54 Å². The molecule has 1 atom stereocenters. The molecule has 0 aliphatic carbocycles. The number of carboxylic acid groups (broad SMARTS) is 1. The van der Waals surface area contributed by atoms with Crippen molar-refractivity contribution in [3.05, 3.63) is 94.0 Å². The van der Waals surface area contributed by atoms with E-state index in [1.807, 2.05) is 0 Å². The molecule has 0 saturated heterocycles. The topological polar surface area (TPSA) is 119 Å². The summed E-state index contributed by atoms with van der Waals surface area (Å²) < 4.78 is 40.6. The molecular formula is C26H24FN3O5S. The third kappa shape index (κ3) is 5.49. The van der Waals surface area contributed by atoms with E-state index in [4.69, 9.17) is 0 Å². The van der Waals surface area contributed by atoms with Crippen LogP contribution in [0.5, 0.6) is 0 Å². The number of hydrogen-bond donors (Lipinski definition) is 1. The fourth-order valence-corrected chi connectivity index (χ4v) is 5.48. The highest BCUT2D eigenvalue weighted by Gasteiger charge is 2.32. The van der Waals surface area contributed by atoms with Crippen LogP contribution in [-0.2, 0) is 27.6 Å². The molecule has 0 amide bonds. The Balaban J connectivity index is 1.43. The summed E-state index contributed by atoms with van der Waals surface area (Å²) in [6.45, 7) is 1.48. The Kier molecular flexibility index (Phi) is 7.25. The first kappa shape index (κ1) is 25.2. The number of aromatic nitrogens is 3. The minimum absolute atomic E-state index is 0.115. The predicted octanol–water partition coefficient (Wildman–Crippen LogP) is 3.41. The summed E-state index contributed by atoms with van der Waals surface area (Å²) in [6, 6.07) is 18.5. The van der Waals surface area contributed by atoms with Crippen molar-refractivity contribution in [1.29, 1.82) is 0 Å². The Morgan fingerprint density at radius 3 is 2.44 bits per heavy atom. The van der Waals surface area contributed by atoms with Crippen LogP contribution in [-0.4, -0.2) is 45.5 Å². The zero-order chi connectivity index (χ0) is 25.9. The number of fused-ring (bicyclic) bond motifs is 1. The second-order valence-corrected chi connectivity index (χ2v) is 10.8. The maximum atomic E-state index is 13.9. The molecule has 1 N–H and O–H groups in total. The highest BCUT2D eigenvalue weighted by Crippen LogP contribution is 2.23. The lowest BCUT2D eigenvalue weighted by molar-refractivity contribution is -0.136. The van der Waals surface area contributed by atoms with Gasteiger partial charge in [0.2, 0.25) is 0 Å². The van der Waals surface area contributed by atoms with Crippen molar-refractivity contribution in [2.75, 3.05) is 5.75 Å². The number of aliphatic carboxylic acids is 1. The number of halogens is 1. The fraction of sp³-hybridized carbons (Fsp3) is 0.231. The molecule has 3 aromatic carbocycles. The third-order valence-electron chi connectivity index (χ3n) is 6.08. The number of nitrogens with zero attached hydrogens (tertiary/aromatic N) is 3. The van der Waals surface area contributed by atoms with Crippen molar-refractivity contribution < 1.29 is 22.7 Å². The first-order chi connectivity index (χ1) is 17.2. The lowest BCUT2D eigenvalue weighted by atomic mass is 10.0. The molecule has 0 fully saturated rings. The van der Waals surface area contributed by atoms with Gasteiger partial charge >= 0.3 is 5.97 Å². The number of carboxylic acids is 1. The van der Waals surface area contributed by atoms with E-state index in [1.165, 1.54) is 6.07 Å². The smallest absolute Gasteiger partial charge is 0.321 e. The van der Waals surface area contributed by atoms with Crippen LogP contribution in [0.15, 0.2) is 71.5 Å². The lowest BCUT2D eigenvalue weighted by Crippen LogP contribution is -2.35. The van der Waals surface area contributed by atoms with Crippen molar-refractivity contribution in [2.45, 2.75) is 31.6 Å². The highest BCUT2D eigenvalue weighted by atomic mass is 32.2. The molecule has 0 bridgehead atoms. The number of benzene rings is 3. The molecule has 1 aromatic heterocycles. The van der Waals surface area contributed by atoms with E-state index in [1.54, 1.807) is 67.6 Å². The first-order valence-electron chi connectivity index (χ1n) is 11.3. The van der Waals surface area contributed by atoms with Crippen LogP contribution in [0.25, 0.3) is 22.0 Å². The molecule has 0 saturated carbocycles. The molecule has 1 heterocycles. The molecule has 4 aromatic rings. The van der Waals surface area contributed by atoms with E-state index < -0.39 is 26.6 Å². The zero-order valence-electron chi connectivity index (χ0n) is 19.5. The van der Waals surface area contributed by atoms with Crippen LogP contribution in [0.3, 0.4) is 0 Å². The van der Waals surface area contributed by atoms with E-state index in [-0.39, 0.29) is 31.0 Å². The quantitative estimate of drug-likeness (QED) is 0.367. The maximum Gasteiger partial charge on any atom is 0.321 e. The average Bonchev–Trinajstić information content (AvgIpc) is 2.86. The van der Waals surface area contributed by atoms with Gasteiger partial charge in [0.25, 0.3) is 5.56 Å². The van der Waals surface area contributed by atoms with Crippen LogP contribution in [0, 0.1) is 12.7 Å². The van der Waals surface area contributed by atoms with Crippen molar-refractivity contribution in [2.24, 2.45) is 0 Å². The van der Waals surface area contributed by atoms with Gasteiger partial charge in [-0.25, -0.2) is 17.5 Å². The Bertz CT molecular complexity index is 1580. The molecular weight excluding hydrogens is 485 g/mol. The Labute approximate surface area is 206 Å². The normalized spacial score (nSPS) is 12.5. The minimum Gasteiger partial charge on any atom is -0.480 e. The van der Waals surface area contributed by atoms with E-state index in [0.717, 1.165) is 10.2 Å². The second-order valence-electron chi connectivity index (χ2n) is 8.53. The van der Waals surface area contributed by atoms with Crippen LogP contribution in [0.4, 0.5) is 4.39 Å². The van der Waals surface area contributed by atoms with Gasteiger partial charge in [0.05, 0.1) is 11.1 Å². The van der Waals surface area contributed by atoms with Gasteiger partial charge in [-0.3, -0.25) is 9.59 Å². The zero-order valence-corrected chi connectivity index (χ0v) is 20.3. The third-order valence-corrected chi connectivity index (χ3v) is 8.15. The van der Waals surface area contributed by atoms with Gasteiger partial charge in [0.1, 0.15) is 11.3 Å². The molecule has 186 valence electrons. The standard InChI is InChI=1S/C26H24FN3O5S/c1-17-6-9-20(16-22(17)27)19-10-7-18(8-11-19)13-15-36(34,35)24(26(32)33)12-14-30-25(31)21-4-2-3-5-23(21)28-29-30/h2-11,16,24H,12-15H2,1H3,(H,32,33). The summed E-state index contributed by atoms with van der Waals surface area (Å²) in [6.07, 6.45) is -0.201. The maximum absolute atomic E-state index is 13.9. The molecule has 0 aliphatic heterocycles. The van der Waals surface area contributed by atoms with Crippen molar-refractivity contribution in [1.82, 2.24) is 15.0 Å². The van der Waals surface area contributed by atoms with Crippen molar-refractivity contribution in [3.63, 3.8) is 0 Å². The van der Waals surface area contributed by atoms with Gasteiger partial charge < -0.3 is 5.11 Å². The van der Waals surface area contributed by atoms with Crippen LogP contribution >= 0.6 is 0 Å². The van der Waals surface area contributed by atoms with E-state index >= 15 is 0 Å². The lowest BCUT2D eigenvalue weighted by Gasteiger charge is -2.14. The summed E-state index contributed by atoms with van der Waals surface area (Å²) in [7, 11) is -4.03. The largest absolute Gasteiger partial charge is 0.480 e. The number of rotatable bonds is 9. The van der Waals surface area contributed by atoms with Crippen molar-refractivity contribution >= 4 is 26.7 Å². The van der Waals surface area contributed by atoms with Gasteiger partial charge in [-0.1, -0.05) is 53.7 Å². The SMILES string of the molecule is Cc1ccc(-c2ccc(CCS(=O)(=O)C(CCn3nnc4ccccc4c3=O)C(=O)O)cc2)cc1F. The van der Waals surface area contributed by atoms with Crippen LogP contribution < -0.4 is 5.56 Å². The number of sulfone groups is 1. The summed E-state index contributed by atoms with van der Waals surface area (Å²) >= 11 is 0. The second kappa shape index (κ2) is 10.4. The summed E-state index contributed by atoms with van der Waals surface area (Å²) in [5.41, 5.74) is 2.68. The average molecular weight is 510 g/mol. The van der Waals surface area contributed by atoms with Crippen molar-refractivity contribution in [3.8, 4) is 11.1 Å². The van der Waals surface area contributed by atoms with Crippen LogP contribution in [0.1, 0.15) is 17.5 Å². The fourth-order valence-electron chi connectivity index (χ4n) is 3.90. The molecule has 0 spiro atoms. The van der Waals surface area contributed by atoms with Gasteiger partial charge in [-0.05, 0) is 60.2 Å². The Morgan fingerprint density at radius 2 is 1.75 bits per heavy atom. The van der Waals surface area contributed by atoms with Gasteiger partial charge in [0.15, 0.2) is 15.1 Å². The molecule has 4 rings (SSSR count). The molecule has 36 heavy (non-hydrogen) atoms. The Morgan fingerprint density at radius 1 is 1.06 bits per heavy atom. The summed E-state index contributed by atoms with van der Waals surface area (Å²) in [4.78, 5) is 24.4. The highest BCUT2D eigenvalue weighted by molar-refractivity contribution is 7.92. The first-order valence-corrected chi connectivity index (χ1v) is 13.0. The summed E-state index contributed by atoms with van der Waals surface area (Å²) in [5, 5.41) is 16.0. The number of carbonyl (C=O) groups is 1. The summed E-state index contributed by atoms with van der Waals surface area (Å²) in [5.74, 6) is -2.16. The number of aryl methyl sites for hydroxylation is 3. The minimum atomic E-state index is -4.03. The van der Waals surface area contributed by atoms with Gasteiger partial charge in [-0.2, -0.15) is 0 Å². The molecule has 8 nitrogen and oxygen atoms in total. The monoisotopic (exact) mass is 509 g/mol. The predicted molar refractivity (Wildman–Crippen MR) is 134 cm³/mol. The van der Waals surface area contributed by atoms with E-state index in [9.17, 15) is 27.5 Å².